The van der Waals surface area contributed by atoms with Gasteiger partial charge >= 0.3 is 6.03 Å². The maximum Gasteiger partial charge on any atom is 0.315 e. The van der Waals surface area contributed by atoms with Crippen molar-refractivity contribution >= 4 is 17.4 Å². The van der Waals surface area contributed by atoms with Gasteiger partial charge in [0.05, 0.1) is 17.2 Å². The number of urea groups is 1. The number of aliphatic hydroxyl groups is 1. The van der Waals surface area contributed by atoms with Crippen LogP contribution in [0.3, 0.4) is 0 Å². The molecule has 0 aliphatic heterocycles. The molecule has 1 aromatic heterocycles. The van der Waals surface area contributed by atoms with Crippen LogP contribution in [-0.4, -0.2) is 28.8 Å². The molecule has 0 fully saturated rings. The molecule has 0 radical (unpaired) electrons. The van der Waals surface area contributed by atoms with Crippen LogP contribution < -0.4 is 10.6 Å². The number of aromatic nitrogens is 1. The molecule has 0 unspecified atom stereocenters. The zero-order valence-corrected chi connectivity index (χ0v) is 11.2. The highest BCUT2D eigenvalue weighted by atomic mass is 32.1. The molecule has 2 amide bonds. The summed E-state index contributed by atoms with van der Waals surface area (Å²) in [5.74, 6) is 0. The van der Waals surface area contributed by atoms with Gasteiger partial charge in [0, 0.05) is 17.5 Å². The number of aryl methyl sites for hydroxylation is 2. The van der Waals surface area contributed by atoms with Crippen LogP contribution in [0.25, 0.3) is 0 Å². The topological polar surface area (TPSA) is 74.2 Å². The first-order valence-corrected chi connectivity index (χ1v) is 6.42. The fourth-order valence-electron chi connectivity index (χ4n) is 1.44. The molecular weight excluding hydrogens is 238 g/mol. The van der Waals surface area contributed by atoms with E-state index in [1.807, 2.05) is 20.8 Å². The fraction of sp³-hybridized carbons (Fsp3) is 0.636. The summed E-state index contributed by atoms with van der Waals surface area (Å²) >= 11 is 1.63. The molecule has 5 nitrogen and oxygen atoms in total. The molecule has 1 heterocycles. The van der Waals surface area contributed by atoms with Gasteiger partial charge in [-0.15, -0.1) is 11.3 Å². The van der Waals surface area contributed by atoms with Gasteiger partial charge < -0.3 is 15.7 Å². The second-order valence-electron chi connectivity index (χ2n) is 3.98. The van der Waals surface area contributed by atoms with Gasteiger partial charge in [0.2, 0.25) is 0 Å². The molecule has 0 saturated heterocycles. The van der Waals surface area contributed by atoms with Crippen LogP contribution in [0.2, 0.25) is 0 Å². The number of aliphatic hydroxyl groups excluding tert-OH is 1. The minimum Gasteiger partial charge on any atom is -0.396 e. The summed E-state index contributed by atoms with van der Waals surface area (Å²) in [5, 5.41) is 15.2. The third kappa shape index (κ3) is 4.70. The van der Waals surface area contributed by atoms with Gasteiger partial charge in [-0.1, -0.05) is 0 Å². The summed E-state index contributed by atoms with van der Waals surface area (Å²) in [5.41, 5.74) is 0.914. The van der Waals surface area contributed by atoms with E-state index in [-0.39, 0.29) is 18.7 Å². The van der Waals surface area contributed by atoms with E-state index in [0.717, 1.165) is 15.6 Å². The van der Waals surface area contributed by atoms with Crippen LogP contribution in [0.5, 0.6) is 0 Å². The number of thiazole rings is 1. The van der Waals surface area contributed by atoms with Crippen LogP contribution in [-0.2, 0) is 6.54 Å². The minimum atomic E-state index is -0.226. The Labute approximate surface area is 105 Å². The predicted octanol–water partition coefficient (Wildman–Crippen LogP) is 1.33. The summed E-state index contributed by atoms with van der Waals surface area (Å²) in [6.07, 6.45) is 0.558. The van der Waals surface area contributed by atoms with Crippen molar-refractivity contribution in [3.05, 3.63) is 15.6 Å². The van der Waals surface area contributed by atoms with Crippen molar-refractivity contribution in [3.8, 4) is 0 Å². The Bertz CT molecular complexity index is 379. The van der Waals surface area contributed by atoms with Crippen LogP contribution >= 0.6 is 11.3 Å². The van der Waals surface area contributed by atoms with E-state index in [0.29, 0.717) is 13.0 Å². The lowest BCUT2D eigenvalue weighted by molar-refractivity contribution is 0.230. The zero-order chi connectivity index (χ0) is 12.8. The van der Waals surface area contributed by atoms with Crippen LogP contribution in [0.4, 0.5) is 4.79 Å². The molecule has 17 heavy (non-hydrogen) atoms. The Morgan fingerprint density at radius 3 is 2.76 bits per heavy atom. The zero-order valence-electron chi connectivity index (χ0n) is 10.4. The monoisotopic (exact) mass is 257 g/mol. The van der Waals surface area contributed by atoms with Crippen molar-refractivity contribution < 1.29 is 9.90 Å². The molecule has 1 rings (SSSR count). The first-order chi connectivity index (χ1) is 8.02. The number of carbonyl (C=O) groups is 1. The molecular formula is C11H19N3O2S. The Balaban J connectivity index is 2.35. The van der Waals surface area contributed by atoms with E-state index in [4.69, 9.17) is 5.11 Å². The van der Waals surface area contributed by atoms with E-state index >= 15 is 0 Å². The largest absolute Gasteiger partial charge is 0.396 e. The van der Waals surface area contributed by atoms with Crippen molar-refractivity contribution in [2.24, 2.45) is 0 Å². The van der Waals surface area contributed by atoms with Crippen LogP contribution in [0, 0.1) is 13.8 Å². The summed E-state index contributed by atoms with van der Waals surface area (Å²) < 4.78 is 0. The second kappa shape index (κ2) is 6.56. The fourth-order valence-corrected chi connectivity index (χ4v) is 2.28. The first-order valence-electron chi connectivity index (χ1n) is 5.61. The number of hydrogen-bond donors (Lipinski definition) is 3. The van der Waals surface area contributed by atoms with Gasteiger partial charge in [-0.25, -0.2) is 9.78 Å². The highest BCUT2D eigenvalue weighted by molar-refractivity contribution is 7.11. The SMILES string of the molecule is Cc1nc(CNC(=O)N[C@H](C)CCO)c(C)s1. The Morgan fingerprint density at radius 2 is 2.24 bits per heavy atom. The van der Waals surface area contributed by atoms with E-state index < -0.39 is 0 Å². The number of amides is 2. The third-order valence-electron chi connectivity index (χ3n) is 2.36. The van der Waals surface area contributed by atoms with Crippen molar-refractivity contribution in [1.29, 1.82) is 0 Å². The van der Waals surface area contributed by atoms with Crippen LogP contribution in [0.15, 0.2) is 0 Å². The molecule has 1 atom stereocenters. The molecule has 3 N–H and O–H groups in total. The normalized spacial score (nSPS) is 12.2. The van der Waals surface area contributed by atoms with Gasteiger partial charge in [-0.2, -0.15) is 0 Å². The van der Waals surface area contributed by atoms with Gasteiger partial charge in [0.15, 0.2) is 0 Å². The minimum absolute atomic E-state index is 0.0294. The Hall–Kier alpha value is -1.14. The van der Waals surface area contributed by atoms with Gasteiger partial charge in [-0.3, -0.25) is 0 Å². The summed E-state index contributed by atoms with van der Waals surface area (Å²) in [6.45, 7) is 6.31. The number of nitrogens with zero attached hydrogens (tertiary/aromatic N) is 1. The number of carbonyl (C=O) groups excluding carboxylic acids is 1. The molecule has 0 aliphatic rings. The van der Waals surface area contributed by atoms with E-state index in [9.17, 15) is 4.79 Å². The first kappa shape index (κ1) is 13.9. The summed E-state index contributed by atoms with van der Waals surface area (Å²) in [4.78, 5) is 17.0. The average Bonchev–Trinajstić information content (AvgIpc) is 2.54. The van der Waals surface area contributed by atoms with Crippen molar-refractivity contribution in [2.45, 2.75) is 39.8 Å². The lowest BCUT2D eigenvalue weighted by Crippen LogP contribution is -2.40. The Kier molecular flexibility index (Phi) is 5.37. The smallest absolute Gasteiger partial charge is 0.315 e. The van der Waals surface area contributed by atoms with Gasteiger partial charge in [0.1, 0.15) is 0 Å². The number of rotatable bonds is 5. The van der Waals surface area contributed by atoms with E-state index in [1.165, 1.54) is 0 Å². The quantitative estimate of drug-likeness (QED) is 0.745. The lowest BCUT2D eigenvalue weighted by Gasteiger charge is -2.12. The van der Waals surface area contributed by atoms with Crippen molar-refractivity contribution in [1.82, 2.24) is 15.6 Å². The van der Waals surface area contributed by atoms with Gasteiger partial charge in [0.25, 0.3) is 0 Å². The summed E-state index contributed by atoms with van der Waals surface area (Å²) in [6, 6.07) is -0.255. The molecule has 0 bridgehead atoms. The highest BCUT2D eigenvalue weighted by Gasteiger charge is 2.08. The van der Waals surface area contributed by atoms with E-state index in [1.54, 1.807) is 11.3 Å². The average molecular weight is 257 g/mol. The number of nitrogens with one attached hydrogen (secondary N) is 2. The van der Waals surface area contributed by atoms with Crippen molar-refractivity contribution in [3.63, 3.8) is 0 Å². The molecule has 0 aromatic carbocycles. The van der Waals surface area contributed by atoms with Crippen molar-refractivity contribution in [2.75, 3.05) is 6.61 Å². The van der Waals surface area contributed by atoms with E-state index in [2.05, 4.69) is 15.6 Å². The van der Waals surface area contributed by atoms with Gasteiger partial charge in [-0.05, 0) is 27.2 Å². The molecule has 1 aromatic rings. The second-order valence-corrected chi connectivity index (χ2v) is 5.38. The Morgan fingerprint density at radius 1 is 1.53 bits per heavy atom. The maximum atomic E-state index is 11.5. The third-order valence-corrected chi connectivity index (χ3v) is 3.28. The molecule has 0 saturated carbocycles. The molecule has 0 aliphatic carbocycles. The lowest BCUT2D eigenvalue weighted by atomic mass is 10.2. The highest BCUT2D eigenvalue weighted by Crippen LogP contribution is 2.15. The molecule has 0 spiro atoms. The number of hydrogen-bond acceptors (Lipinski definition) is 4. The molecule has 6 heteroatoms. The summed E-state index contributed by atoms with van der Waals surface area (Å²) in [7, 11) is 0. The predicted molar refractivity (Wildman–Crippen MR) is 68.1 cm³/mol. The van der Waals surface area contributed by atoms with Crippen LogP contribution in [0.1, 0.15) is 28.9 Å². The maximum absolute atomic E-state index is 11.5. The molecule has 96 valence electrons. The standard InChI is InChI=1S/C11H19N3O2S/c1-7(4-5-15)13-11(16)12-6-10-8(2)17-9(3)14-10/h7,15H,4-6H2,1-3H3,(H2,12,13,16)/t7-/m1/s1.